The van der Waals surface area contributed by atoms with Crippen LogP contribution in [0.15, 0.2) is 47.4 Å². The van der Waals surface area contributed by atoms with Crippen molar-refractivity contribution in [3.63, 3.8) is 0 Å². The number of ether oxygens (including phenoxy) is 2. The van der Waals surface area contributed by atoms with Crippen molar-refractivity contribution in [1.82, 2.24) is 9.47 Å². The van der Waals surface area contributed by atoms with Crippen molar-refractivity contribution in [1.29, 1.82) is 0 Å². The number of pyridine rings is 1. The van der Waals surface area contributed by atoms with Gasteiger partial charge in [-0.05, 0) is 31.0 Å². The van der Waals surface area contributed by atoms with Crippen molar-refractivity contribution in [3.05, 3.63) is 58.5 Å². The Labute approximate surface area is 146 Å². The summed E-state index contributed by atoms with van der Waals surface area (Å²) in [5, 5.41) is 0. The van der Waals surface area contributed by atoms with Gasteiger partial charge in [-0.15, -0.1) is 0 Å². The van der Waals surface area contributed by atoms with Crippen LogP contribution in [-0.2, 0) is 11.3 Å². The summed E-state index contributed by atoms with van der Waals surface area (Å²) >= 11 is 0. The Morgan fingerprint density at radius 1 is 1.20 bits per heavy atom. The molecule has 1 saturated heterocycles. The van der Waals surface area contributed by atoms with Gasteiger partial charge in [-0.3, -0.25) is 9.59 Å². The smallest absolute Gasteiger partial charge is 0.250 e. The van der Waals surface area contributed by atoms with Crippen LogP contribution in [0.5, 0.6) is 11.5 Å². The maximum atomic E-state index is 12.8. The van der Waals surface area contributed by atoms with Gasteiger partial charge in [-0.1, -0.05) is 6.07 Å². The van der Waals surface area contributed by atoms with Gasteiger partial charge in [0, 0.05) is 30.4 Å². The third-order valence-corrected chi connectivity index (χ3v) is 4.58. The van der Waals surface area contributed by atoms with Crippen LogP contribution in [0.4, 0.5) is 0 Å². The van der Waals surface area contributed by atoms with Crippen molar-refractivity contribution in [2.45, 2.75) is 25.4 Å². The molecule has 1 atom stereocenters. The normalized spacial score (nSPS) is 16.7. The summed E-state index contributed by atoms with van der Waals surface area (Å²) in [5.74, 6) is 1.36. The number of carbonyl (C=O) groups is 1. The highest BCUT2D eigenvalue weighted by molar-refractivity contribution is 5.77. The molecule has 6 heteroatoms. The summed E-state index contributed by atoms with van der Waals surface area (Å²) in [5.41, 5.74) is 0.795. The van der Waals surface area contributed by atoms with Crippen LogP contribution in [0.3, 0.4) is 0 Å². The van der Waals surface area contributed by atoms with E-state index < -0.39 is 0 Å². The van der Waals surface area contributed by atoms with E-state index in [2.05, 4.69) is 0 Å². The van der Waals surface area contributed by atoms with E-state index in [4.69, 9.17) is 9.47 Å². The van der Waals surface area contributed by atoms with Crippen molar-refractivity contribution >= 4 is 5.91 Å². The topological polar surface area (TPSA) is 60.8 Å². The second-order valence-corrected chi connectivity index (χ2v) is 6.02. The highest BCUT2D eigenvalue weighted by Crippen LogP contribution is 2.38. The number of aromatic nitrogens is 1. The molecule has 2 aromatic rings. The second-order valence-electron chi connectivity index (χ2n) is 6.02. The quantitative estimate of drug-likeness (QED) is 0.836. The molecule has 1 amide bonds. The van der Waals surface area contributed by atoms with E-state index >= 15 is 0 Å². The molecule has 0 saturated carbocycles. The Kier molecular flexibility index (Phi) is 5.07. The van der Waals surface area contributed by atoms with Gasteiger partial charge in [-0.2, -0.15) is 0 Å². The van der Waals surface area contributed by atoms with Crippen LogP contribution in [0.1, 0.15) is 24.4 Å². The van der Waals surface area contributed by atoms with Gasteiger partial charge in [0.05, 0.1) is 20.3 Å². The lowest BCUT2D eigenvalue weighted by molar-refractivity contribution is -0.132. The summed E-state index contributed by atoms with van der Waals surface area (Å²) in [7, 11) is 3.22. The fourth-order valence-corrected chi connectivity index (χ4v) is 3.31. The van der Waals surface area contributed by atoms with Crippen LogP contribution >= 0.6 is 0 Å². The molecule has 0 aliphatic carbocycles. The van der Waals surface area contributed by atoms with E-state index in [9.17, 15) is 9.59 Å². The lowest BCUT2D eigenvalue weighted by Crippen LogP contribution is -2.36. The van der Waals surface area contributed by atoms with Crippen LogP contribution < -0.4 is 15.0 Å². The zero-order valence-electron chi connectivity index (χ0n) is 14.5. The standard InChI is InChI=1S/C19H22N2O4/c1-24-14-8-9-15(17(12-14)25-2)16-6-5-11-21(16)19(23)13-20-10-4-3-7-18(20)22/h3-4,7-10,12,16H,5-6,11,13H2,1-2H3/t16-/m0/s1. The number of methoxy groups -OCH3 is 2. The third-order valence-electron chi connectivity index (χ3n) is 4.58. The van der Waals surface area contributed by atoms with Crippen molar-refractivity contribution in [3.8, 4) is 11.5 Å². The number of carbonyl (C=O) groups excluding carboxylic acids is 1. The van der Waals surface area contributed by atoms with Crippen molar-refractivity contribution in [2.24, 2.45) is 0 Å². The fourth-order valence-electron chi connectivity index (χ4n) is 3.31. The lowest BCUT2D eigenvalue weighted by Gasteiger charge is -2.27. The Balaban J connectivity index is 1.84. The Hall–Kier alpha value is -2.76. The van der Waals surface area contributed by atoms with Crippen molar-refractivity contribution < 1.29 is 14.3 Å². The van der Waals surface area contributed by atoms with Gasteiger partial charge in [0.2, 0.25) is 5.91 Å². The number of hydrogen-bond acceptors (Lipinski definition) is 4. The summed E-state index contributed by atoms with van der Waals surface area (Å²) in [4.78, 5) is 26.5. The molecule has 3 rings (SSSR count). The first kappa shape index (κ1) is 17.1. The Bertz CT molecular complexity index is 815. The van der Waals surface area contributed by atoms with E-state index in [1.54, 1.807) is 32.5 Å². The zero-order chi connectivity index (χ0) is 17.8. The highest BCUT2D eigenvalue weighted by Gasteiger charge is 2.32. The van der Waals surface area contributed by atoms with Crippen LogP contribution in [0, 0.1) is 0 Å². The minimum atomic E-state index is -0.173. The molecular formula is C19H22N2O4. The lowest BCUT2D eigenvalue weighted by atomic mass is 10.0. The molecule has 0 radical (unpaired) electrons. The number of benzene rings is 1. The van der Waals surface area contributed by atoms with Gasteiger partial charge >= 0.3 is 0 Å². The summed E-state index contributed by atoms with van der Waals surface area (Å²) in [6, 6.07) is 10.5. The number of amides is 1. The van der Waals surface area contributed by atoms with E-state index in [0.717, 1.165) is 18.4 Å². The first-order valence-corrected chi connectivity index (χ1v) is 8.31. The minimum absolute atomic E-state index is 0.0484. The molecule has 25 heavy (non-hydrogen) atoms. The Morgan fingerprint density at radius 2 is 2.04 bits per heavy atom. The Morgan fingerprint density at radius 3 is 2.76 bits per heavy atom. The maximum absolute atomic E-state index is 12.8. The van der Waals surface area contributed by atoms with E-state index in [1.807, 2.05) is 23.1 Å². The average molecular weight is 342 g/mol. The minimum Gasteiger partial charge on any atom is -0.497 e. The molecule has 1 fully saturated rings. The molecule has 1 aromatic heterocycles. The molecule has 1 aliphatic heterocycles. The van der Waals surface area contributed by atoms with Crippen LogP contribution in [-0.4, -0.2) is 36.1 Å². The van der Waals surface area contributed by atoms with Crippen LogP contribution in [0.2, 0.25) is 0 Å². The number of hydrogen-bond donors (Lipinski definition) is 0. The number of likely N-dealkylation sites (tertiary alicyclic amines) is 1. The molecule has 132 valence electrons. The molecule has 0 bridgehead atoms. The first-order valence-electron chi connectivity index (χ1n) is 8.31. The molecular weight excluding hydrogens is 320 g/mol. The summed E-state index contributed by atoms with van der Waals surface area (Å²) in [6.07, 6.45) is 3.44. The fraction of sp³-hybridized carbons (Fsp3) is 0.368. The average Bonchev–Trinajstić information content (AvgIpc) is 3.12. The molecule has 0 N–H and O–H groups in total. The molecule has 6 nitrogen and oxygen atoms in total. The summed E-state index contributed by atoms with van der Waals surface area (Å²) < 4.78 is 12.2. The van der Waals surface area contributed by atoms with Gasteiger partial charge in [-0.25, -0.2) is 0 Å². The second kappa shape index (κ2) is 7.42. The van der Waals surface area contributed by atoms with Crippen LogP contribution in [0.25, 0.3) is 0 Å². The first-order chi connectivity index (χ1) is 12.1. The molecule has 1 aromatic carbocycles. The van der Waals surface area contributed by atoms with Gasteiger partial charge in [0.1, 0.15) is 18.0 Å². The SMILES string of the molecule is COc1ccc([C@@H]2CCCN2C(=O)Cn2ccccc2=O)c(OC)c1. The highest BCUT2D eigenvalue weighted by atomic mass is 16.5. The molecule has 0 spiro atoms. The predicted molar refractivity (Wildman–Crippen MR) is 93.9 cm³/mol. The summed E-state index contributed by atoms with van der Waals surface area (Å²) in [6.45, 7) is 0.731. The monoisotopic (exact) mass is 342 g/mol. The van der Waals surface area contributed by atoms with E-state index in [0.29, 0.717) is 18.0 Å². The van der Waals surface area contributed by atoms with Gasteiger partial charge < -0.3 is 18.9 Å². The van der Waals surface area contributed by atoms with Gasteiger partial charge in [0.25, 0.3) is 5.56 Å². The van der Waals surface area contributed by atoms with Crippen molar-refractivity contribution in [2.75, 3.05) is 20.8 Å². The third kappa shape index (κ3) is 3.52. The molecule has 1 aliphatic rings. The number of rotatable bonds is 5. The maximum Gasteiger partial charge on any atom is 0.250 e. The van der Waals surface area contributed by atoms with E-state index in [1.165, 1.54) is 10.6 Å². The van der Waals surface area contributed by atoms with E-state index in [-0.39, 0.29) is 24.1 Å². The van der Waals surface area contributed by atoms with Gasteiger partial charge in [0.15, 0.2) is 0 Å². The predicted octanol–water partition coefficient (Wildman–Crippen LogP) is 2.23. The molecule has 2 heterocycles. The molecule has 0 unspecified atom stereocenters. The zero-order valence-corrected chi connectivity index (χ0v) is 14.5. The largest absolute Gasteiger partial charge is 0.497 e. The number of nitrogens with zero attached hydrogens (tertiary/aromatic N) is 2.